The fourth-order valence-corrected chi connectivity index (χ4v) is 5.70. The van der Waals surface area contributed by atoms with Crippen LogP contribution in [-0.4, -0.2) is 152 Å². The third-order valence-corrected chi connectivity index (χ3v) is 6.89. The molecule has 0 amide bonds. The van der Waals surface area contributed by atoms with Crippen molar-refractivity contribution in [3.63, 3.8) is 0 Å². The van der Waals surface area contributed by atoms with Crippen molar-refractivity contribution in [2.45, 2.75) is 13.1 Å². The normalized spacial score (nSPS) is 11.7. The number of benzene rings is 2. The molecule has 0 unspecified atom stereocenters. The molecule has 2 aromatic rings. The first kappa shape index (κ1) is 38.3. The first-order chi connectivity index (χ1) is 22.1. The lowest BCUT2D eigenvalue weighted by atomic mass is 9.83. The Labute approximate surface area is 270 Å². The molecule has 0 saturated carbocycles. The molecule has 0 spiro atoms. The molecule has 16 nitrogen and oxygen atoms in total. The maximum Gasteiger partial charge on any atom is 0.317 e. The predicted octanol–water partition coefficient (Wildman–Crippen LogP) is 0.0888. The number of nitrogens with zero attached hydrogens (tertiary/aromatic N) is 4. The highest BCUT2D eigenvalue weighted by Gasteiger charge is 2.40. The molecule has 0 saturated heterocycles. The van der Waals surface area contributed by atoms with Crippen LogP contribution in [0, 0.1) is 5.41 Å². The molecule has 6 N–H and O–H groups in total. The molecule has 2 rings (SSSR count). The summed E-state index contributed by atoms with van der Waals surface area (Å²) >= 11 is 0. The van der Waals surface area contributed by atoms with Gasteiger partial charge in [-0.3, -0.25) is 48.4 Å². The maximum absolute atomic E-state index is 11.8. The lowest BCUT2D eigenvalue weighted by Gasteiger charge is -2.45. The van der Waals surface area contributed by atoms with Gasteiger partial charge >= 0.3 is 35.8 Å². The van der Waals surface area contributed by atoms with Gasteiger partial charge in [0.05, 0.1) is 39.3 Å². The van der Waals surface area contributed by atoms with Crippen molar-refractivity contribution in [1.29, 1.82) is 0 Å². The van der Waals surface area contributed by atoms with Crippen molar-refractivity contribution in [2.24, 2.45) is 5.41 Å². The molecular formula is C31H40N4O12. The zero-order chi connectivity index (χ0) is 35.0. The molecule has 0 aliphatic carbocycles. The van der Waals surface area contributed by atoms with Gasteiger partial charge in [0.15, 0.2) is 0 Å². The number of hydrogen-bond acceptors (Lipinski definition) is 10. The fourth-order valence-electron chi connectivity index (χ4n) is 5.70. The van der Waals surface area contributed by atoms with Crippen molar-refractivity contribution < 1.29 is 59.4 Å². The van der Waals surface area contributed by atoms with Crippen molar-refractivity contribution >= 4 is 35.8 Å². The Bertz CT molecular complexity index is 1180. The van der Waals surface area contributed by atoms with Crippen molar-refractivity contribution in [3.8, 4) is 0 Å². The van der Waals surface area contributed by atoms with Gasteiger partial charge in [-0.15, -0.1) is 0 Å². The van der Waals surface area contributed by atoms with Crippen LogP contribution in [-0.2, 0) is 41.9 Å². The van der Waals surface area contributed by atoms with Gasteiger partial charge in [0, 0.05) is 44.7 Å². The molecular weight excluding hydrogens is 620 g/mol. The van der Waals surface area contributed by atoms with Crippen LogP contribution in [0.2, 0.25) is 0 Å². The molecule has 256 valence electrons. The fraction of sp³-hybridized carbons (Fsp3) is 0.419. The molecule has 0 atom stereocenters. The zero-order valence-corrected chi connectivity index (χ0v) is 25.7. The molecule has 2 aromatic carbocycles. The Kier molecular flexibility index (Phi) is 15.4. The van der Waals surface area contributed by atoms with Crippen LogP contribution in [0.4, 0.5) is 0 Å². The average molecular weight is 661 g/mol. The average Bonchev–Trinajstić information content (AvgIpc) is 2.91. The van der Waals surface area contributed by atoms with Gasteiger partial charge in [0.2, 0.25) is 0 Å². The molecule has 0 radical (unpaired) electrons. The first-order valence-electron chi connectivity index (χ1n) is 14.4. The Balaban J connectivity index is 2.81. The van der Waals surface area contributed by atoms with Crippen LogP contribution in [0.15, 0.2) is 60.7 Å². The summed E-state index contributed by atoms with van der Waals surface area (Å²) < 4.78 is 0. The van der Waals surface area contributed by atoms with E-state index in [1.165, 1.54) is 0 Å². The smallest absolute Gasteiger partial charge is 0.317 e. The second kappa shape index (κ2) is 18.9. The van der Waals surface area contributed by atoms with E-state index >= 15 is 0 Å². The summed E-state index contributed by atoms with van der Waals surface area (Å²) in [7, 11) is 0. The van der Waals surface area contributed by atoms with Gasteiger partial charge in [-0.05, 0) is 11.1 Å². The predicted molar refractivity (Wildman–Crippen MR) is 165 cm³/mol. The van der Waals surface area contributed by atoms with E-state index in [1.54, 1.807) is 0 Å². The minimum Gasteiger partial charge on any atom is -0.480 e. The number of carbonyl (C=O) groups is 6. The van der Waals surface area contributed by atoms with E-state index in [4.69, 9.17) is 0 Å². The third kappa shape index (κ3) is 15.8. The molecule has 16 heteroatoms. The molecule has 0 bridgehead atoms. The van der Waals surface area contributed by atoms with Gasteiger partial charge < -0.3 is 30.6 Å². The summed E-state index contributed by atoms with van der Waals surface area (Å²) in [6, 6.07) is 18.3. The molecule has 0 heterocycles. The number of rotatable bonds is 24. The summed E-state index contributed by atoms with van der Waals surface area (Å²) in [5, 5.41) is 57.8. The number of carboxylic acid groups (broad SMARTS) is 6. The molecule has 0 aliphatic rings. The second-order valence-corrected chi connectivity index (χ2v) is 11.4. The summed E-state index contributed by atoms with van der Waals surface area (Å²) in [4.78, 5) is 76.1. The van der Waals surface area contributed by atoms with Gasteiger partial charge in [-0.25, -0.2) is 0 Å². The van der Waals surface area contributed by atoms with Gasteiger partial charge in [0.1, 0.15) is 0 Å². The topological polar surface area (TPSA) is 237 Å². The van der Waals surface area contributed by atoms with Crippen LogP contribution >= 0.6 is 0 Å². The summed E-state index contributed by atoms with van der Waals surface area (Å²) in [6.45, 7) is -5.42. The van der Waals surface area contributed by atoms with Crippen LogP contribution in [0.25, 0.3) is 0 Å². The van der Waals surface area contributed by atoms with Crippen LogP contribution < -0.4 is 0 Å². The minimum absolute atomic E-state index is 0.0853. The number of aliphatic carboxylic acids is 6. The lowest BCUT2D eigenvalue weighted by molar-refractivity contribution is -0.143. The Hall–Kier alpha value is -4.90. The quantitative estimate of drug-likeness (QED) is 0.0875. The standard InChI is InChI=1S/C31H40N4O12/c36-25(37)13-33(14-26(38)39)20-31(21-34(15-27(40)41)16-28(42)43,22-35(17-29(44)45)18-30(46)47)19-32(11-23-7-3-1-4-8-23)12-24-9-5-2-6-10-24/h1-10H,11-22H2,(H,36,37)(H,38,39)(H,40,41)(H,42,43)(H,44,45)(H,46,47). The molecule has 47 heavy (non-hydrogen) atoms. The van der Waals surface area contributed by atoms with Crippen molar-refractivity contribution in [1.82, 2.24) is 19.6 Å². The first-order valence-corrected chi connectivity index (χ1v) is 14.4. The largest absolute Gasteiger partial charge is 0.480 e. The zero-order valence-electron chi connectivity index (χ0n) is 25.7. The van der Waals surface area contributed by atoms with Crippen molar-refractivity contribution in [3.05, 3.63) is 71.8 Å². The number of hydrogen-bond donors (Lipinski definition) is 6. The van der Waals surface area contributed by atoms with Gasteiger partial charge in [-0.2, -0.15) is 0 Å². The van der Waals surface area contributed by atoms with E-state index in [0.29, 0.717) is 0 Å². The highest BCUT2D eigenvalue weighted by atomic mass is 16.4. The van der Waals surface area contributed by atoms with E-state index in [9.17, 15) is 59.4 Å². The van der Waals surface area contributed by atoms with Crippen LogP contribution in [0.5, 0.6) is 0 Å². The molecule has 0 aliphatic heterocycles. The summed E-state index contributed by atoms with van der Waals surface area (Å²) in [6.07, 6.45) is 0. The van der Waals surface area contributed by atoms with E-state index in [1.807, 2.05) is 65.6 Å². The van der Waals surface area contributed by atoms with E-state index in [0.717, 1.165) is 25.8 Å². The Morgan fingerprint density at radius 3 is 0.872 bits per heavy atom. The van der Waals surface area contributed by atoms with E-state index in [2.05, 4.69) is 0 Å². The highest BCUT2D eigenvalue weighted by Crippen LogP contribution is 2.27. The summed E-state index contributed by atoms with van der Waals surface area (Å²) in [5.74, 6) is -8.30. The van der Waals surface area contributed by atoms with Crippen LogP contribution in [0.1, 0.15) is 11.1 Å². The Morgan fingerprint density at radius 2 is 0.638 bits per heavy atom. The van der Waals surface area contributed by atoms with Crippen LogP contribution in [0.3, 0.4) is 0 Å². The number of carboxylic acids is 6. The van der Waals surface area contributed by atoms with Gasteiger partial charge in [0.25, 0.3) is 0 Å². The summed E-state index contributed by atoms with van der Waals surface area (Å²) in [5.41, 5.74) is 0.168. The SMILES string of the molecule is O=C(O)CN(CC(=O)O)CC(CN(CC(=O)O)CC(=O)O)(CN(CC(=O)O)CC(=O)O)CN(Cc1ccccc1)Cc1ccccc1. The van der Waals surface area contributed by atoms with E-state index < -0.39 is 100 Å². The third-order valence-electron chi connectivity index (χ3n) is 6.89. The molecule has 0 aromatic heterocycles. The maximum atomic E-state index is 11.8. The Morgan fingerprint density at radius 1 is 0.404 bits per heavy atom. The minimum atomic E-state index is -1.51. The monoisotopic (exact) mass is 660 g/mol. The lowest BCUT2D eigenvalue weighted by Crippen LogP contribution is -2.59. The van der Waals surface area contributed by atoms with Gasteiger partial charge in [-0.1, -0.05) is 60.7 Å². The molecule has 0 fully saturated rings. The highest BCUT2D eigenvalue weighted by molar-refractivity contribution is 5.74. The van der Waals surface area contributed by atoms with E-state index in [-0.39, 0.29) is 19.6 Å². The second-order valence-electron chi connectivity index (χ2n) is 11.4. The van der Waals surface area contributed by atoms with Crippen molar-refractivity contribution in [2.75, 3.05) is 65.4 Å².